The van der Waals surface area contributed by atoms with Gasteiger partial charge in [0.2, 0.25) is 0 Å². The van der Waals surface area contributed by atoms with E-state index in [-0.39, 0.29) is 0 Å². The lowest BCUT2D eigenvalue weighted by Gasteiger charge is -1.99. The van der Waals surface area contributed by atoms with E-state index in [4.69, 9.17) is 0 Å². The van der Waals surface area contributed by atoms with Crippen LogP contribution in [0.25, 0.3) is 21.8 Å². The first-order valence-corrected chi connectivity index (χ1v) is 5.43. The van der Waals surface area contributed by atoms with Gasteiger partial charge in [-0.3, -0.25) is 0 Å². The van der Waals surface area contributed by atoms with Crippen LogP contribution in [-0.4, -0.2) is 0 Å². The molecule has 3 rings (SSSR count). The highest BCUT2D eigenvalue weighted by molar-refractivity contribution is 5.98. The van der Waals surface area contributed by atoms with E-state index in [1.165, 1.54) is 21.8 Å². The smallest absolute Gasteiger partial charge is 0.195 e. The van der Waals surface area contributed by atoms with Crippen LogP contribution in [0, 0.1) is 0 Å². The van der Waals surface area contributed by atoms with Gasteiger partial charge < -0.3 is 0 Å². The minimum Gasteiger partial charge on any atom is -0.195 e. The topological polar surface area (TPSA) is 7.76 Å². The zero-order valence-electron chi connectivity index (χ0n) is 9.51. The average molecular weight is 210 g/mol. The fraction of sp³-hybridized carbons (Fsp3) is 0.143. The molecule has 0 spiro atoms. The molecule has 0 saturated carbocycles. The molecule has 3 aromatic rings. The number of aromatic nitrogens is 2. The van der Waals surface area contributed by atoms with E-state index in [9.17, 15) is 0 Å². The van der Waals surface area contributed by atoms with E-state index in [2.05, 4.69) is 72.0 Å². The van der Waals surface area contributed by atoms with Gasteiger partial charge in [0.15, 0.2) is 12.4 Å². The third-order valence-electron chi connectivity index (χ3n) is 3.09. The van der Waals surface area contributed by atoms with E-state index in [0.29, 0.717) is 0 Å². The normalized spacial score (nSPS) is 11.1. The Bertz CT molecular complexity index is 626. The van der Waals surface area contributed by atoms with Crippen LogP contribution in [0.5, 0.6) is 0 Å². The lowest BCUT2D eigenvalue weighted by molar-refractivity contribution is -0.664. The first-order valence-electron chi connectivity index (χ1n) is 5.43. The Balaban J connectivity index is 2.67. The molecule has 0 saturated heterocycles. The van der Waals surface area contributed by atoms with Crippen LogP contribution < -0.4 is 9.13 Å². The Hall–Kier alpha value is -1.96. The molecule has 0 radical (unpaired) electrons. The molecule has 2 aromatic heterocycles. The number of pyridine rings is 2. The summed E-state index contributed by atoms with van der Waals surface area (Å²) in [5.41, 5.74) is 2.56. The molecule has 0 amide bonds. The number of fused-ring (bicyclic) bond motifs is 3. The summed E-state index contributed by atoms with van der Waals surface area (Å²) in [4.78, 5) is 0. The van der Waals surface area contributed by atoms with Gasteiger partial charge in [0.05, 0.1) is 10.8 Å². The first-order chi connectivity index (χ1) is 7.77. The Morgan fingerprint density at radius 3 is 1.56 bits per heavy atom. The van der Waals surface area contributed by atoms with Crippen LogP contribution in [0.1, 0.15) is 0 Å². The molecule has 1 aromatic carbocycles. The van der Waals surface area contributed by atoms with Crippen LogP contribution in [0.2, 0.25) is 0 Å². The standard InChI is InChI=1S/C14H14N2/c1-15-9-3-5-11-7-8-12-6-4-10-16(2)14(12)13(11)15/h3-10H,1-2H3/q+2. The summed E-state index contributed by atoms with van der Waals surface area (Å²) < 4.78 is 4.36. The Kier molecular flexibility index (Phi) is 1.90. The van der Waals surface area contributed by atoms with Crippen molar-refractivity contribution < 1.29 is 9.13 Å². The maximum atomic E-state index is 2.18. The highest BCUT2D eigenvalue weighted by Crippen LogP contribution is 2.18. The quantitative estimate of drug-likeness (QED) is 0.394. The molecule has 0 unspecified atom stereocenters. The fourth-order valence-electron chi connectivity index (χ4n) is 2.32. The van der Waals surface area contributed by atoms with Gasteiger partial charge in [0.25, 0.3) is 11.0 Å². The number of hydrogen-bond acceptors (Lipinski definition) is 0. The third kappa shape index (κ3) is 1.20. The van der Waals surface area contributed by atoms with Crippen LogP contribution in [0.4, 0.5) is 0 Å². The van der Waals surface area contributed by atoms with Crippen LogP contribution >= 0.6 is 0 Å². The van der Waals surface area contributed by atoms with Crippen molar-refractivity contribution in [3.8, 4) is 0 Å². The summed E-state index contributed by atoms with van der Waals surface area (Å²) in [7, 11) is 4.18. The van der Waals surface area contributed by atoms with Crippen molar-refractivity contribution >= 4 is 21.8 Å². The first kappa shape index (κ1) is 9.28. The Morgan fingerprint density at radius 2 is 1.12 bits per heavy atom. The van der Waals surface area contributed by atoms with E-state index in [0.717, 1.165) is 0 Å². The van der Waals surface area contributed by atoms with Crippen LogP contribution in [0.3, 0.4) is 0 Å². The Morgan fingerprint density at radius 1 is 0.688 bits per heavy atom. The second-order valence-corrected chi connectivity index (χ2v) is 4.18. The molecular weight excluding hydrogens is 196 g/mol. The predicted molar refractivity (Wildman–Crippen MR) is 63.8 cm³/mol. The van der Waals surface area contributed by atoms with Gasteiger partial charge in [0, 0.05) is 12.1 Å². The van der Waals surface area contributed by atoms with Gasteiger partial charge in [-0.05, 0) is 24.3 Å². The summed E-state index contributed by atoms with van der Waals surface area (Å²) in [6.07, 6.45) is 4.18. The van der Waals surface area contributed by atoms with Gasteiger partial charge in [-0.15, -0.1) is 0 Å². The Labute approximate surface area is 94.4 Å². The highest BCUT2D eigenvalue weighted by atomic mass is 15.0. The van der Waals surface area contributed by atoms with Crippen LogP contribution in [-0.2, 0) is 14.1 Å². The predicted octanol–water partition coefficient (Wildman–Crippen LogP) is 1.64. The zero-order valence-corrected chi connectivity index (χ0v) is 9.51. The summed E-state index contributed by atoms with van der Waals surface area (Å²) in [6.45, 7) is 0. The number of rotatable bonds is 0. The van der Waals surface area contributed by atoms with Crippen LogP contribution in [0.15, 0.2) is 48.8 Å². The zero-order chi connectivity index (χ0) is 11.1. The molecule has 0 aliphatic carbocycles. The maximum absolute atomic E-state index is 2.18. The van der Waals surface area contributed by atoms with Gasteiger partial charge in [-0.2, -0.15) is 9.13 Å². The molecule has 2 heterocycles. The molecular formula is C14H14N2+2. The van der Waals surface area contributed by atoms with Gasteiger partial charge in [-0.1, -0.05) is 0 Å². The van der Waals surface area contributed by atoms with Crippen molar-refractivity contribution in [1.29, 1.82) is 0 Å². The summed E-state index contributed by atoms with van der Waals surface area (Å²) in [5.74, 6) is 0. The summed E-state index contributed by atoms with van der Waals surface area (Å²) >= 11 is 0. The van der Waals surface area contributed by atoms with E-state index >= 15 is 0 Å². The van der Waals surface area contributed by atoms with Crippen molar-refractivity contribution in [3.63, 3.8) is 0 Å². The minimum absolute atomic E-state index is 1.28. The van der Waals surface area contributed by atoms with Crippen molar-refractivity contribution in [3.05, 3.63) is 48.8 Å². The van der Waals surface area contributed by atoms with Crippen molar-refractivity contribution in [1.82, 2.24) is 0 Å². The minimum atomic E-state index is 1.28. The van der Waals surface area contributed by atoms with E-state index in [1.807, 2.05) is 0 Å². The number of nitrogens with zero attached hydrogens (tertiary/aromatic N) is 2. The number of hydrogen-bond donors (Lipinski definition) is 0. The molecule has 2 nitrogen and oxygen atoms in total. The van der Waals surface area contributed by atoms with E-state index in [1.54, 1.807) is 0 Å². The molecule has 0 fully saturated rings. The molecule has 0 aliphatic rings. The molecule has 2 heteroatoms. The molecule has 78 valence electrons. The molecule has 16 heavy (non-hydrogen) atoms. The molecule has 0 bridgehead atoms. The number of benzene rings is 1. The summed E-state index contributed by atoms with van der Waals surface area (Å²) in [5, 5.41) is 2.55. The second kappa shape index (κ2) is 3.27. The highest BCUT2D eigenvalue weighted by Gasteiger charge is 2.16. The lowest BCUT2D eigenvalue weighted by Crippen LogP contribution is -2.34. The molecule has 0 aliphatic heterocycles. The van der Waals surface area contributed by atoms with Crippen molar-refractivity contribution in [2.45, 2.75) is 0 Å². The second-order valence-electron chi connectivity index (χ2n) is 4.18. The maximum Gasteiger partial charge on any atom is 0.285 e. The van der Waals surface area contributed by atoms with Gasteiger partial charge >= 0.3 is 0 Å². The van der Waals surface area contributed by atoms with Gasteiger partial charge in [-0.25, -0.2) is 0 Å². The average Bonchev–Trinajstić information content (AvgIpc) is 2.29. The van der Waals surface area contributed by atoms with Crippen molar-refractivity contribution in [2.75, 3.05) is 0 Å². The van der Waals surface area contributed by atoms with E-state index < -0.39 is 0 Å². The molecule has 0 N–H and O–H groups in total. The van der Waals surface area contributed by atoms with Gasteiger partial charge in [0.1, 0.15) is 14.1 Å². The fourth-order valence-corrected chi connectivity index (χ4v) is 2.32. The number of aryl methyl sites for hydroxylation is 2. The third-order valence-corrected chi connectivity index (χ3v) is 3.09. The molecule has 0 atom stereocenters. The SMILES string of the molecule is C[n+]1cccc2ccc3ccc[n+](C)c3c21. The monoisotopic (exact) mass is 210 g/mol. The summed E-state index contributed by atoms with van der Waals surface area (Å²) in [6, 6.07) is 12.8. The van der Waals surface area contributed by atoms with Crippen molar-refractivity contribution in [2.24, 2.45) is 14.1 Å². The largest absolute Gasteiger partial charge is 0.285 e. The lowest BCUT2D eigenvalue weighted by atomic mass is 10.1.